The van der Waals surface area contributed by atoms with E-state index in [0.717, 1.165) is 71.6 Å². The van der Waals surface area contributed by atoms with Gasteiger partial charge in [0.1, 0.15) is 0 Å². The summed E-state index contributed by atoms with van der Waals surface area (Å²) in [6, 6.07) is 54.6. The molecule has 0 saturated carbocycles. The van der Waals surface area contributed by atoms with Crippen LogP contribution in [0.2, 0.25) is 0 Å². The van der Waals surface area contributed by atoms with Crippen molar-refractivity contribution < 1.29 is 0 Å². The highest BCUT2D eigenvalue weighted by atomic mass is 15.2. The molecule has 0 aliphatic carbocycles. The molecule has 0 radical (unpaired) electrons. The molecule has 0 amide bonds. The summed E-state index contributed by atoms with van der Waals surface area (Å²) in [4.78, 5) is 20.4. The molecule has 4 aromatic heterocycles. The third kappa shape index (κ3) is 4.36. The van der Waals surface area contributed by atoms with Crippen LogP contribution in [-0.4, -0.2) is 29.1 Å². The van der Waals surface area contributed by atoms with Crippen LogP contribution in [0.1, 0.15) is 0 Å². The molecule has 0 fully saturated rings. The summed E-state index contributed by atoms with van der Waals surface area (Å²) in [5, 5.41) is 4.53. The van der Waals surface area contributed by atoms with E-state index in [1.807, 2.05) is 24.5 Å². The van der Waals surface area contributed by atoms with Gasteiger partial charge in [-0.15, -0.1) is 0 Å². The fraction of sp³-hybridized carbons (Fsp3) is 0. The van der Waals surface area contributed by atoms with E-state index in [0.29, 0.717) is 17.6 Å². The van der Waals surface area contributed by atoms with E-state index < -0.39 is 0 Å². The van der Waals surface area contributed by atoms with E-state index in [9.17, 15) is 0 Å². The van der Waals surface area contributed by atoms with Gasteiger partial charge in [0.2, 0.25) is 5.95 Å². The second-order valence-electron chi connectivity index (χ2n) is 12.3. The first kappa shape index (κ1) is 28.1. The Balaban J connectivity index is 1.30. The minimum atomic E-state index is 0.562. The van der Waals surface area contributed by atoms with E-state index in [1.54, 1.807) is 0 Å². The average molecular weight is 641 g/mol. The molecule has 0 saturated heterocycles. The maximum atomic E-state index is 5.32. The zero-order valence-electron chi connectivity index (χ0n) is 26.8. The molecule has 4 heterocycles. The summed E-state index contributed by atoms with van der Waals surface area (Å²) in [6.07, 6.45) is 3.79. The van der Waals surface area contributed by atoms with Gasteiger partial charge in [0.15, 0.2) is 11.6 Å². The monoisotopic (exact) mass is 640 g/mol. The van der Waals surface area contributed by atoms with Crippen LogP contribution in [0.4, 0.5) is 0 Å². The Kier molecular flexibility index (Phi) is 6.39. The molecule has 50 heavy (non-hydrogen) atoms. The van der Waals surface area contributed by atoms with Gasteiger partial charge in [-0.1, -0.05) is 121 Å². The minimum Gasteiger partial charge on any atom is -0.308 e. The number of rotatable bonds is 5. The van der Waals surface area contributed by atoms with Crippen molar-refractivity contribution in [2.24, 2.45) is 0 Å². The van der Waals surface area contributed by atoms with Crippen molar-refractivity contribution in [2.45, 2.75) is 0 Å². The number of fused-ring (bicyclic) bond motifs is 6. The van der Waals surface area contributed by atoms with Crippen molar-refractivity contribution in [1.82, 2.24) is 29.1 Å². The van der Waals surface area contributed by atoms with E-state index >= 15 is 0 Å². The van der Waals surface area contributed by atoms with E-state index in [-0.39, 0.29) is 0 Å². The standard InChI is InChI=1S/C44H28N6/c1-2-14-29(15-3-1)30-16-4-5-20-34(30)42-46-43(48-44(47-42)50-38-23-11-6-17-31(38)32-18-7-12-24-39(32)50)35-21-9-13-25-40(35)49-37-22-10-8-19-33(37)36-28-45-27-26-41(36)49/h1-28H. The minimum absolute atomic E-state index is 0.562. The van der Waals surface area contributed by atoms with Gasteiger partial charge in [-0.3, -0.25) is 9.55 Å². The predicted molar refractivity (Wildman–Crippen MR) is 203 cm³/mol. The fourth-order valence-electron chi connectivity index (χ4n) is 7.32. The maximum absolute atomic E-state index is 5.32. The van der Waals surface area contributed by atoms with Gasteiger partial charge in [0, 0.05) is 45.1 Å². The number of benzene rings is 6. The first-order valence-electron chi connectivity index (χ1n) is 16.7. The van der Waals surface area contributed by atoms with Crippen LogP contribution >= 0.6 is 0 Å². The van der Waals surface area contributed by atoms with Gasteiger partial charge in [-0.05, 0) is 47.5 Å². The van der Waals surface area contributed by atoms with Crippen molar-refractivity contribution in [2.75, 3.05) is 0 Å². The molecule has 0 bridgehead atoms. The van der Waals surface area contributed by atoms with Crippen LogP contribution in [0, 0.1) is 0 Å². The van der Waals surface area contributed by atoms with Crippen molar-refractivity contribution in [1.29, 1.82) is 0 Å². The lowest BCUT2D eigenvalue weighted by atomic mass is 9.99. The largest absolute Gasteiger partial charge is 0.308 e. The third-order valence-corrected chi connectivity index (χ3v) is 9.52. The van der Waals surface area contributed by atoms with Gasteiger partial charge < -0.3 is 4.57 Å². The van der Waals surface area contributed by atoms with Crippen molar-refractivity contribution in [3.63, 3.8) is 0 Å². The van der Waals surface area contributed by atoms with Gasteiger partial charge >= 0.3 is 0 Å². The molecular formula is C44H28N6. The molecule has 0 unspecified atom stereocenters. The van der Waals surface area contributed by atoms with Gasteiger partial charge in [-0.2, -0.15) is 9.97 Å². The first-order valence-corrected chi connectivity index (χ1v) is 16.7. The molecule has 234 valence electrons. The number of hydrogen-bond acceptors (Lipinski definition) is 4. The Hall–Kier alpha value is -6.92. The van der Waals surface area contributed by atoms with Gasteiger partial charge in [0.25, 0.3) is 0 Å². The van der Waals surface area contributed by atoms with Crippen molar-refractivity contribution in [3.8, 4) is 45.5 Å². The van der Waals surface area contributed by atoms with Crippen molar-refractivity contribution >= 4 is 43.6 Å². The summed E-state index contributed by atoms with van der Waals surface area (Å²) >= 11 is 0. The third-order valence-electron chi connectivity index (χ3n) is 9.52. The number of para-hydroxylation sites is 4. The zero-order chi connectivity index (χ0) is 33.0. The van der Waals surface area contributed by atoms with Gasteiger partial charge in [-0.25, -0.2) is 4.98 Å². The Morgan fingerprint density at radius 1 is 0.360 bits per heavy atom. The molecule has 10 rings (SSSR count). The Morgan fingerprint density at radius 2 is 0.860 bits per heavy atom. The van der Waals surface area contributed by atoms with Crippen LogP contribution in [-0.2, 0) is 0 Å². The first-order chi connectivity index (χ1) is 24.8. The second kappa shape index (κ2) is 11.4. The van der Waals surface area contributed by atoms with Gasteiger partial charge in [0.05, 0.1) is 27.8 Å². The molecule has 0 N–H and O–H groups in total. The predicted octanol–water partition coefficient (Wildman–Crippen LogP) is 10.5. The molecule has 10 aromatic rings. The molecule has 0 spiro atoms. The Bertz CT molecular complexity index is 2780. The lowest BCUT2D eigenvalue weighted by Crippen LogP contribution is -2.08. The molecule has 6 heteroatoms. The lowest BCUT2D eigenvalue weighted by molar-refractivity contribution is 0.952. The summed E-state index contributed by atoms with van der Waals surface area (Å²) in [7, 11) is 0. The van der Waals surface area contributed by atoms with E-state index in [1.165, 1.54) is 0 Å². The molecule has 0 aliphatic heterocycles. The van der Waals surface area contributed by atoms with Crippen LogP contribution in [0.3, 0.4) is 0 Å². The molecule has 0 atom stereocenters. The topological polar surface area (TPSA) is 61.4 Å². The number of pyridine rings is 1. The average Bonchev–Trinajstić information content (AvgIpc) is 3.71. The zero-order valence-corrected chi connectivity index (χ0v) is 26.8. The summed E-state index contributed by atoms with van der Waals surface area (Å²) in [5.41, 5.74) is 9.21. The Morgan fingerprint density at radius 3 is 1.56 bits per heavy atom. The number of nitrogens with zero attached hydrogens (tertiary/aromatic N) is 6. The fourth-order valence-corrected chi connectivity index (χ4v) is 7.32. The maximum Gasteiger partial charge on any atom is 0.238 e. The molecule has 6 nitrogen and oxygen atoms in total. The summed E-state index contributed by atoms with van der Waals surface area (Å²) in [6.45, 7) is 0. The SMILES string of the molecule is c1ccc(-c2ccccc2-c2nc(-c3ccccc3-n3c4ccccc4c4cnccc43)nc(-n3c4ccccc4c4ccccc43)n2)cc1. The highest BCUT2D eigenvalue weighted by molar-refractivity contribution is 6.10. The highest BCUT2D eigenvalue weighted by Crippen LogP contribution is 2.38. The van der Waals surface area contributed by atoms with E-state index in [2.05, 4.69) is 160 Å². The summed E-state index contributed by atoms with van der Waals surface area (Å²) < 4.78 is 4.46. The lowest BCUT2D eigenvalue weighted by Gasteiger charge is -2.16. The Labute approximate surface area is 287 Å². The summed E-state index contributed by atoms with van der Waals surface area (Å²) in [5.74, 6) is 1.75. The number of aromatic nitrogens is 6. The molecule has 6 aromatic carbocycles. The smallest absolute Gasteiger partial charge is 0.238 e. The second-order valence-corrected chi connectivity index (χ2v) is 12.3. The normalized spacial score (nSPS) is 11.6. The number of hydrogen-bond donors (Lipinski definition) is 0. The van der Waals surface area contributed by atoms with E-state index in [4.69, 9.17) is 15.0 Å². The molecule has 0 aliphatic rings. The quantitative estimate of drug-likeness (QED) is 0.188. The molecular weight excluding hydrogens is 613 g/mol. The van der Waals surface area contributed by atoms with Crippen LogP contribution in [0.25, 0.3) is 89.2 Å². The highest BCUT2D eigenvalue weighted by Gasteiger charge is 2.22. The van der Waals surface area contributed by atoms with Crippen molar-refractivity contribution in [3.05, 3.63) is 170 Å². The van der Waals surface area contributed by atoms with Crippen LogP contribution in [0.5, 0.6) is 0 Å². The van der Waals surface area contributed by atoms with Crippen LogP contribution < -0.4 is 0 Å². The van der Waals surface area contributed by atoms with Crippen LogP contribution in [0.15, 0.2) is 170 Å².